The maximum Gasteiger partial charge on any atom is 0.294 e. The van der Waals surface area contributed by atoms with E-state index >= 15 is 0 Å². The van der Waals surface area contributed by atoms with Gasteiger partial charge < -0.3 is 0 Å². The fourth-order valence-electron chi connectivity index (χ4n) is 3.28. The third-order valence-corrected chi connectivity index (χ3v) is 5.53. The molecule has 0 aliphatic carbocycles. The molecule has 0 radical (unpaired) electrons. The van der Waals surface area contributed by atoms with E-state index in [1.165, 1.54) is 76.3 Å². The Morgan fingerprint density at radius 2 is 1.42 bits per heavy atom. The molecule has 0 saturated carbocycles. The van der Waals surface area contributed by atoms with Crippen LogP contribution >= 0.6 is 0 Å². The van der Waals surface area contributed by atoms with Gasteiger partial charge in [-0.15, -0.1) is 0 Å². The minimum Gasteiger partial charge on any atom is -0.282 e. The van der Waals surface area contributed by atoms with Crippen LogP contribution in [-0.2, 0) is 16.5 Å². The summed E-state index contributed by atoms with van der Waals surface area (Å²) in [6.45, 7) is 4.47. The summed E-state index contributed by atoms with van der Waals surface area (Å²) in [5.41, 5.74) is 1.16. The van der Waals surface area contributed by atoms with E-state index < -0.39 is 10.1 Å². The van der Waals surface area contributed by atoms with Crippen molar-refractivity contribution in [3.8, 4) is 0 Å². The van der Waals surface area contributed by atoms with Crippen molar-refractivity contribution < 1.29 is 13.0 Å². The van der Waals surface area contributed by atoms with Gasteiger partial charge in [-0.25, -0.2) is 0 Å². The first-order valence-electron chi connectivity index (χ1n) is 9.53. The van der Waals surface area contributed by atoms with Crippen LogP contribution in [0.2, 0.25) is 0 Å². The van der Waals surface area contributed by atoms with Crippen molar-refractivity contribution in [3.05, 3.63) is 29.8 Å². The topological polar surface area (TPSA) is 54.4 Å². The normalized spacial score (nSPS) is 13.1. The molecule has 0 amide bonds. The molecule has 0 spiro atoms. The Labute approximate surface area is 148 Å². The predicted molar refractivity (Wildman–Crippen MR) is 101 cm³/mol. The molecule has 3 nitrogen and oxygen atoms in total. The highest BCUT2D eigenvalue weighted by molar-refractivity contribution is 7.85. The van der Waals surface area contributed by atoms with Crippen LogP contribution in [0.5, 0.6) is 0 Å². The molecule has 0 saturated heterocycles. The summed E-state index contributed by atoms with van der Waals surface area (Å²) in [4.78, 5) is -0.0228. The van der Waals surface area contributed by atoms with Crippen LogP contribution in [0.1, 0.15) is 83.6 Å². The number of unbranched alkanes of at least 4 members (excludes halogenated alkanes) is 6. The standard InChI is InChI=1S/C20H34O3S/c1-3-5-6-7-8-9-10-12-18(11-4-2)17-19-13-15-20(16-14-19)24(21,22)23/h13-16,18H,3-12,17H2,1-2H3,(H,21,22,23). The van der Waals surface area contributed by atoms with Crippen molar-refractivity contribution >= 4 is 10.1 Å². The summed E-state index contributed by atoms with van der Waals surface area (Å²) in [6.07, 6.45) is 14.0. The summed E-state index contributed by atoms with van der Waals surface area (Å²) in [7, 11) is -4.09. The zero-order valence-electron chi connectivity index (χ0n) is 15.3. The van der Waals surface area contributed by atoms with Crippen LogP contribution in [-0.4, -0.2) is 13.0 Å². The van der Waals surface area contributed by atoms with Gasteiger partial charge in [0.05, 0.1) is 4.90 Å². The average Bonchev–Trinajstić information content (AvgIpc) is 2.54. The Balaban J connectivity index is 2.39. The first kappa shape index (κ1) is 21.2. The lowest BCUT2D eigenvalue weighted by Crippen LogP contribution is -2.05. The van der Waals surface area contributed by atoms with Gasteiger partial charge >= 0.3 is 0 Å². The highest BCUT2D eigenvalue weighted by Gasteiger charge is 2.12. The van der Waals surface area contributed by atoms with Crippen molar-refractivity contribution in [1.82, 2.24) is 0 Å². The van der Waals surface area contributed by atoms with Crippen molar-refractivity contribution in [3.63, 3.8) is 0 Å². The summed E-state index contributed by atoms with van der Waals surface area (Å²) in [5, 5.41) is 0. The van der Waals surface area contributed by atoms with Gasteiger partial charge in [-0.05, 0) is 30.0 Å². The van der Waals surface area contributed by atoms with Gasteiger partial charge in [0.2, 0.25) is 0 Å². The predicted octanol–water partition coefficient (Wildman–Crippen LogP) is 6.03. The monoisotopic (exact) mass is 354 g/mol. The Morgan fingerprint density at radius 1 is 0.833 bits per heavy atom. The molecule has 138 valence electrons. The minimum absolute atomic E-state index is 0.0228. The van der Waals surface area contributed by atoms with E-state index in [1.54, 1.807) is 0 Å². The molecule has 0 fully saturated rings. The van der Waals surface area contributed by atoms with Gasteiger partial charge in [0.15, 0.2) is 0 Å². The molecule has 0 aliphatic heterocycles. The molecule has 1 N–H and O–H groups in total. The fraction of sp³-hybridized carbons (Fsp3) is 0.700. The second kappa shape index (κ2) is 11.6. The number of hydrogen-bond donors (Lipinski definition) is 1. The van der Waals surface area contributed by atoms with Gasteiger partial charge in [0, 0.05) is 0 Å². The highest BCUT2D eigenvalue weighted by Crippen LogP contribution is 2.22. The van der Waals surface area contributed by atoms with Crippen molar-refractivity contribution in [1.29, 1.82) is 0 Å². The van der Waals surface area contributed by atoms with Gasteiger partial charge in [0.25, 0.3) is 10.1 Å². The molecule has 1 aromatic rings. The Bertz CT molecular complexity index is 535. The maximum atomic E-state index is 11.1. The zero-order valence-corrected chi connectivity index (χ0v) is 16.2. The van der Waals surface area contributed by atoms with Gasteiger partial charge in [0.1, 0.15) is 0 Å². The van der Waals surface area contributed by atoms with E-state index in [9.17, 15) is 8.42 Å². The van der Waals surface area contributed by atoms with Crippen LogP contribution in [0.4, 0.5) is 0 Å². The molecule has 0 heterocycles. The maximum absolute atomic E-state index is 11.1. The highest BCUT2D eigenvalue weighted by atomic mass is 32.2. The second-order valence-electron chi connectivity index (χ2n) is 6.89. The first-order valence-corrected chi connectivity index (χ1v) is 11.0. The summed E-state index contributed by atoms with van der Waals surface area (Å²) < 4.78 is 31.2. The molecular formula is C20H34O3S. The molecule has 1 rings (SSSR count). The summed E-state index contributed by atoms with van der Waals surface area (Å²) in [6, 6.07) is 6.66. The molecule has 0 aromatic heterocycles. The van der Waals surface area contributed by atoms with Crippen molar-refractivity contribution in [2.45, 2.75) is 89.4 Å². The summed E-state index contributed by atoms with van der Waals surface area (Å²) >= 11 is 0. The Kier molecular flexibility index (Phi) is 10.3. The second-order valence-corrected chi connectivity index (χ2v) is 8.31. The average molecular weight is 355 g/mol. The molecule has 24 heavy (non-hydrogen) atoms. The lowest BCUT2D eigenvalue weighted by atomic mass is 9.90. The van der Waals surface area contributed by atoms with E-state index in [0.717, 1.165) is 12.0 Å². The Morgan fingerprint density at radius 3 is 1.96 bits per heavy atom. The molecule has 0 bridgehead atoms. The molecule has 1 atom stereocenters. The van der Waals surface area contributed by atoms with Crippen LogP contribution in [0.15, 0.2) is 29.2 Å². The summed E-state index contributed by atoms with van der Waals surface area (Å²) in [5.74, 6) is 0.669. The van der Waals surface area contributed by atoms with Gasteiger partial charge in [-0.3, -0.25) is 4.55 Å². The molecule has 4 heteroatoms. The lowest BCUT2D eigenvalue weighted by Gasteiger charge is -2.16. The van der Waals surface area contributed by atoms with Crippen LogP contribution in [0, 0.1) is 5.92 Å². The van der Waals surface area contributed by atoms with E-state index in [-0.39, 0.29) is 4.90 Å². The van der Waals surface area contributed by atoms with Crippen LogP contribution in [0.3, 0.4) is 0 Å². The quantitative estimate of drug-likeness (QED) is 0.347. The smallest absolute Gasteiger partial charge is 0.282 e. The largest absolute Gasteiger partial charge is 0.294 e. The SMILES string of the molecule is CCCCCCCCCC(CCC)Cc1ccc(S(=O)(=O)O)cc1. The van der Waals surface area contributed by atoms with Crippen LogP contribution < -0.4 is 0 Å². The third kappa shape index (κ3) is 8.84. The minimum atomic E-state index is -4.09. The fourth-order valence-corrected chi connectivity index (χ4v) is 3.76. The van der Waals surface area contributed by atoms with Crippen LogP contribution in [0.25, 0.3) is 0 Å². The number of rotatable bonds is 13. The lowest BCUT2D eigenvalue weighted by molar-refractivity contribution is 0.416. The Hall–Kier alpha value is -0.870. The molecule has 1 unspecified atom stereocenters. The van der Waals surface area contributed by atoms with E-state index in [2.05, 4.69) is 13.8 Å². The van der Waals surface area contributed by atoms with Crippen molar-refractivity contribution in [2.75, 3.05) is 0 Å². The van der Waals surface area contributed by atoms with E-state index in [0.29, 0.717) is 5.92 Å². The van der Waals surface area contributed by atoms with Crippen molar-refractivity contribution in [2.24, 2.45) is 5.92 Å². The number of benzene rings is 1. The molecule has 1 aromatic carbocycles. The molecular weight excluding hydrogens is 320 g/mol. The van der Waals surface area contributed by atoms with Gasteiger partial charge in [-0.1, -0.05) is 90.2 Å². The number of hydrogen-bond acceptors (Lipinski definition) is 2. The third-order valence-electron chi connectivity index (χ3n) is 4.66. The van der Waals surface area contributed by atoms with E-state index in [1.807, 2.05) is 12.1 Å². The molecule has 0 aliphatic rings. The van der Waals surface area contributed by atoms with E-state index in [4.69, 9.17) is 4.55 Å². The first-order chi connectivity index (χ1) is 11.5. The van der Waals surface area contributed by atoms with Gasteiger partial charge in [-0.2, -0.15) is 8.42 Å². The zero-order chi connectivity index (χ0) is 17.8.